The van der Waals surface area contributed by atoms with E-state index in [1.807, 2.05) is 16.9 Å². The molecule has 2 spiro atoms. The lowest BCUT2D eigenvalue weighted by Gasteiger charge is -2.61. The van der Waals surface area contributed by atoms with E-state index < -0.39 is 17.5 Å². The van der Waals surface area contributed by atoms with Gasteiger partial charge >= 0.3 is 0 Å². The molecule has 0 bridgehead atoms. The second kappa shape index (κ2) is 8.14. The van der Waals surface area contributed by atoms with Crippen molar-refractivity contribution in [3.8, 4) is 5.69 Å². The zero-order valence-corrected chi connectivity index (χ0v) is 23.5. The average Bonchev–Trinajstić information content (AvgIpc) is 3.67. The van der Waals surface area contributed by atoms with Crippen LogP contribution in [-0.4, -0.2) is 57.6 Å². The topological polar surface area (TPSA) is 87.9 Å². The van der Waals surface area contributed by atoms with E-state index in [1.54, 1.807) is 12.3 Å². The smallest absolute Gasteiger partial charge is 0.227 e. The van der Waals surface area contributed by atoms with E-state index in [0.717, 1.165) is 37.1 Å². The summed E-state index contributed by atoms with van der Waals surface area (Å²) in [6.07, 6.45) is 10.3. The van der Waals surface area contributed by atoms with Crippen LogP contribution in [0.15, 0.2) is 30.1 Å². The number of nitrogens with zero attached hydrogens (tertiary/aromatic N) is 3. The predicted molar refractivity (Wildman–Crippen MR) is 143 cm³/mol. The van der Waals surface area contributed by atoms with Crippen molar-refractivity contribution in [3.05, 3.63) is 46.5 Å². The van der Waals surface area contributed by atoms with E-state index in [-0.39, 0.29) is 36.3 Å². The average molecular weight is 554 g/mol. The number of aromatic nitrogens is 3. The molecular formula is C30H36ClN3O5. The van der Waals surface area contributed by atoms with Crippen LogP contribution in [0.2, 0.25) is 5.15 Å². The minimum absolute atomic E-state index is 0.126. The molecule has 9 heteroatoms. The van der Waals surface area contributed by atoms with Gasteiger partial charge in [0, 0.05) is 5.41 Å². The first-order chi connectivity index (χ1) is 18.7. The minimum atomic E-state index is -0.892. The predicted octanol–water partition coefficient (Wildman–Crippen LogP) is 4.76. The van der Waals surface area contributed by atoms with Crippen molar-refractivity contribution in [1.29, 1.82) is 0 Å². The van der Waals surface area contributed by atoms with Gasteiger partial charge in [-0.1, -0.05) is 37.9 Å². The van der Waals surface area contributed by atoms with E-state index in [0.29, 0.717) is 30.0 Å². The van der Waals surface area contributed by atoms with Crippen molar-refractivity contribution in [2.45, 2.75) is 70.4 Å². The van der Waals surface area contributed by atoms with E-state index in [9.17, 15) is 5.11 Å². The fourth-order valence-corrected chi connectivity index (χ4v) is 10.5. The fraction of sp³-hybridized carbons (Fsp3) is 0.667. The SMILES string of the molecule is C[C@@H]1C[C@H]2[C@@H]3CCC4=Cc5c(cnn5-c5ccc(Cl)nc5)C[C@]4(C)[C@H]3[C@@H](O)C[C@]2(C)[C@]12OCOC21COCO1. The molecule has 0 amide bonds. The van der Waals surface area contributed by atoms with E-state index in [2.05, 4.69) is 31.8 Å². The summed E-state index contributed by atoms with van der Waals surface area (Å²) in [5.41, 5.74) is 3.63. The van der Waals surface area contributed by atoms with Crippen molar-refractivity contribution < 1.29 is 24.1 Å². The molecule has 4 heterocycles. The Morgan fingerprint density at radius 1 is 1.13 bits per heavy atom. The Hall–Kier alpha value is -1.81. The Kier molecular flexibility index (Phi) is 5.21. The number of aliphatic hydroxyl groups excluding tert-OH is 1. The van der Waals surface area contributed by atoms with Crippen LogP contribution in [0.4, 0.5) is 0 Å². The van der Waals surface area contributed by atoms with Gasteiger partial charge in [-0.05, 0) is 85.0 Å². The Bertz CT molecular complexity index is 1350. The number of fused-ring (bicyclic) bond motifs is 8. The number of halogens is 1. The molecule has 4 aliphatic carbocycles. The van der Waals surface area contributed by atoms with Crippen LogP contribution in [0, 0.1) is 34.5 Å². The number of aliphatic hydroxyl groups is 1. The zero-order chi connectivity index (χ0) is 26.8. The maximum absolute atomic E-state index is 12.1. The van der Waals surface area contributed by atoms with Crippen LogP contribution >= 0.6 is 11.6 Å². The summed E-state index contributed by atoms with van der Waals surface area (Å²) in [6, 6.07) is 3.75. The summed E-state index contributed by atoms with van der Waals surface area (Å²) in [7, 11) is 0. The van der Waals surface area contributed by atoms with Gasteiger partial charge in [0.05, 0.1) is 29.9 Å². The number of ether oxygens (including phenoxy) is 4. The van der Waals surface area contributed by atoms with Gasteiger partial charge in [-0.15, -0.1) is 0 Å². The second-order valence-electron chi connectivity index (χ2n) is 13.2. The monoisotopic (exact) mass is 553 g/mol. The molecule has 8 nitrogen and oxygen atoms in total. The second-order valence-corrected chi connectivity index (χ2v) is 13.6. The molecule has 2 aromatic rings. The van der Waals surface area contributed by atoms with Crippen molar-refractivity contribution in [3.63, 3.8) is 0 Å². The Balaban J connectivity index is 1.17. The van der Waals surface area contributed by atoms with Crippen molar-refractivity contribution in [1.82, 2.24) is 14.8 Å². The molecule has 208 valence electrons. The number of hydrogen-bond acceptors (Lipinski definition) is 7. The maximum Gasteiger partial charge on any atom is 0.227 e. The van der Waals surface area contributed by atoms with Crippen LogP contribution < -0.4 is 0 Å². The van der Waals surface area contributed by atoms with Crippen LogP contribution in [-0.2, 0) is 25.4 Å². The van der Waals surface area contributed by atoms with Gasteiger partial charge in [-0.2, -0.15) is 5.10 Å². The summed E-state index contributed by atoms with van der Waals surface area (Å²) in [5.74, 6) is 0.314. The largest absolute Gasteiger partial charge is 0.393 e. The number of hydrogen-bond donors (Lipinski definition) is 1. The molecule has 6 aliphatic rings. The van der Waals surface area contributed by atoms with Gasteiger partial charge in [-0.3, -0.25) is 0 Å². The summed E-state index contributed by atoms with van der Waals surface area (Å²) in [4.78, 5) is 4.26. The zero-order valence-electron chi connectivity index (χ0n) is 22.7. The van der Waals surface area contributed by atoms with Crippen LogP contribution in [0.1, 0.15) is 57.7 Å². The quantitative estimate of drug-likeness (QED) is 0.509. The number of rotatable bonds is 1. The van der Waals surface area contributed by atoms with Crippen LogP contribution in [0.3, 0.4) is 0 Å². The van der Waals surface area contributed by atoms with E-state index in [1.165, 1.54) is 11.1 Å². The molecule has 2 aromatic heterocycles. The minimum Gasteiger partial charge on any atom is -0.393 e. The third-order valence-corrected chi connectivity index (χ3v) is 12.0. The van der Waals surface area contributed by atoms with Gasteiger partial charge in [0.1, 0.15) is 17.4 Å². The molecule has 9 atom stereocenters. The third-order valence-electron chi connectivity index (χ3n) is 11.7. The van der Waals surface area contributed by atoms with Gasteiger partial charge in [-0.25, -0.2) is 9.67 Å². The normalized spacial score (nSPS) is 46.2. The number of pyridine rings is 1. The molecule has 5 fully saturated rings. The first-order valence-corrected chi connectivity index (χ1v) is 14.7. The van der Waals surface area contributed by atoms with Crippen molar-refractivity contribution in [2.24, 2.45) is 34.5 Å². The fourth-order valence-electron chi connectivity index (χ4n) is 10.4. The Labute approximate surface area is 233 Å². The molecule has 0 radical (unpaired) electrons. The van der Waals surface area contributed by atoms with Crippen LogP contribution in [0.5, 0.6) is 0 Å². The molecule has 1 unspecified atom stereocenters. The van der Waals surface area contributed by atoms with Gasteiger partial charge in [0.2, 0.25) is 5.79 Å². The highest BCUT2D eigenvalue weighted by Crippen LogP contribution is 2.72. The lowest BCUT2D eigenvalue weighted by atomic mass is 9.45. The molecule has 39 heavy (non-hydrogen) atoms. The lowest BCUT2D eigenvalue weighted by molar-refractivity contribution is -0.266. The highest BCUT2D eigenvalue weighted by molar-refractivity contribution is 6.29. The Morgan fingerprint density at radius 3 is 2.74 bits per heavy atom. The lowest BCUT2D eigenvalue weighted by Crippen LogP contribution is -2.67. The summed E-state index contributed by atoms with van der Waals surface area (Å²) < 4.78 is 26.7. The number of allylic oxidation sites excluding steroid dienone is 1. The molecule has 0 aromatic carbocycles. The third kappa shape index (κ3) is 2.98. The molecule has 8 rings (SSSR count). The summed E-state index contributed by atoms with van der Waals surface area (Å²) >= 11 is 6.03. The molecule has 2 aliphatic heterocycles. The van der Waals surface area contributed by atoms with Crippen LogP contribution in [0.25, 0.3) is 11.8 Å². The Morgan fingerprint density at radius 2 is 1.97 bits per heavy atom. The maximum atomic E-state index is 12.1. The van der Waals surface area contributed by atoms with E-state index >= 15 is 0 Å². The first kappa shape index (κ1) is 24.9. The molecular weight excluding hydrogens is 518 g/mol. The van der Waals surface area contributed by atoms with E-state index in [4.69, 9.17) is 35.6 Å². The van der Waals surface area contributed by atoms with Gasteiger partial charge in [0.15, 0.2) is 13.6 Å². The van der Waals surface area contributed by atoms with Gasteiger partial charge < -0.3 is 24.1 Å². The summed E-state index contributed by atoms with van der Waals surface area (Å²) in [6.45, 7) is 7.80. The standard InChI is InChI=1S/C30H36ClN3O5/c1-17-8-22-21-6-4-19-9-23-18(12-33-34(23)20-5-7-25(31)32-13-20)10-27(19,2)26(21)24(35)11-28(22,3)30(17)29(38-16-39-30)14-36-15-37-29/h5,7,9,12-13,17,21-22,24,26,35H,4,6,8,10-11,14-16H2,1-3H3/t17-,21+,22+,24+,26-,27+,28+,29?,30-/m1/s1. The highest BCUT2D eigenvalue weighted by Gasteiger charge is 2.79. The molecule has 1 N–H and O–H groups in total. The van der Waals surface area contributed by atoms with Crippen molar-refractivity contribution >= 4 is 17.7 Å². The molecule has 2 saturated heterocycles. The van der Waals surface area contributed by atoms with Gasteiger partial charge in [0.25, 0.3) is 0 Å². The van der Waals surface area contributed by atoms with Crippen molar-refractivity contribution in [2.75, 3.05) is 20.2 Å². The summed E-state index contributed by atoms with van der Waals surface area (Å²) in [5, 5.41) is 17.3. The first-order valence-electron chi connectivity index (χ1n) is 14.3. The molecule has 3 saturated carbocycles. The highest BCUT2D eigenvalue weighted by atomic mass is 35.5.